The van der Waals surface area contributed by atoms with Crippen molar-refractivity contribution in [2.75, 3.05) is 104 Å². The molecule has 0 bridgehead atoms. The average molecular weight is 527 g/mol. The van der Waals surface area contributed by atoms with Crippen LogP contribution in [0.15, 0.2) is 18.2 Å². The molecule has 1 aromatic rings. The van der Waals surface area contributed by atoms with Gasteiger partial charge in [0.2, 0.25) is 6.29 Å². The number of benzene rings is 1. The Balaban J connectivity index is 1.17. The number of quaternary nitrogens is 2. The predicted molar refractivity (Wildman–Crippen MR) is 146 cm³/mol. The molecule has 1 aromatic carbocycles. The number of nitrogens with one attached hydrogen (secondary N) is 1. The molecule has 38 heavy (non-hydrogen) atoms. The summed E-state index contributed by atoms with van der Waals surface area (Å²) in [6.45, 7) is 21.9. The van der Waals surface area contributed by atoms with E-state index in [-0.39, 0.29) is 0 Å². The van der Waals surface area contributed by atoms with E-state index in [9.17, 15) is 5.02 Å². The van der Waals surface area contributed by atoms with E-state index < -0.39 is 7.05 Å². The van der Waals surface area contributed by atoms with Crippen molar-refractivity contribution >= 4 is 12.7 Å². The maximum Gasteiger partial charge on any atom is 0.406 e. The van der Waals surface area contributed by atoms with Gasteiger partial charge in [0.05, 0.1) is 72.2 Å². The molecule has 6 aliphatic heterocycles. The molecule has 2 atom stereocenters. The highest BCUT2D eigenvalue weighted by Gasteiger charge is 2.54. The van der Waals surface area contributed by atoms with Gasteiger partial charge in [-0.2, -0.15) is 0 Å². The Labute approximate surface area is 227 Å². The number of hydrogen-bond acceptors (Lipinski definition) is 8. The first-order chi connectivity index (χ1) is 18.5. The van der Waals surface area contributed by atoms with Gasteiger partial charge in [-0.3, -0.25) is 9.38 Å². The van der Waals surface area contributed by atoms with Crippen molar-refractivity contribution in [1.29, 1.82) is 0 Å². The van der Waals surface area contributed by atoms with Gasteiger partial charge in [0.15, 0.2) is 6.29 Å². The minimum absolute atomic E-state index is 0.425. The fourth-order valence-corrected chi connectivity index (χ4v) is 8.39. The van der Waals surface area contributed by atoms with E-state index in [0.717, 1.165) is 113 Å². The molecule has 11 heteroatoms. The third kappa shape index (κ3) is 4.59. The molecule has 2 N–H and O–H groups in total. The van der Waals surface area contributed by atoms with Crippen LogP contribution in [-0.4, -0.2) is 152 Å². The van der Waals surface area contributed by atoms with Gasteiger partial charge in [-0.25, -0.2) is 14.7 Å². The van der Waals surface area contributed by atoms with Crippen LogP contribution in [0.5, 0.6) is 0 Å². The van der Waals surface area contributed by atoms with Crippen molar-refractivity contribution in [3.63, 3.8) is 0 Å². The molecule has 0 saturated carbocycles. The number of ether oxygens (including phenoxy) is 2. The Morgan fingerprint density at radius 2 is 1.39 bits per heavy atom. The van der Waals surface area contributed by atoms with Crippen LogP contribution < -0.4 is 5.23 Å². The highest BCUT2D eigenvalue weighted by Crippen LogP contribution is 2.39. The Hall–Kier alpha value is -1.28. The molecular formula is C27H45BN7O3+. The monoisotopic (exact) mass is 526 g/mol. The highest BCUT2D eigenvalue weighted by atomic mass is 16.5. The minimum atomic E-state index is -0.575. The van der Waals surface area contributed by atoms with Gasteiger partial charge in [-0.1, -0.05) is 6.54 Å². The van der Waals surface area contributed by atoms with Crippen LogP contribution in [0.2, 0.25) is 6.82 Å². The SMILES string of the molecule is CB(O)Nc1cc(C[N+]23[CH-]CN4CCOCCN(CC2)C43)cc(C[N+]23CCN4CCOCCN(CC2)C43)c1. The molecule has 6 saturated heterocycles. The van der Waals surface area contributed by atoms with Crippen LogP contribution in [0.1, 0.15) is 11.1 Å². The van der Waals surface area contributed by atoms with E-state index in [1.165, 1.54) is 24.2 Å². The fraction of sp³-hybridized carbons (Fsp3) is 0.741. The van der Waals surface area contributed by atoms with E-state index in [4.69, 9.17) is 9.47 Å². The van der Waals surface area contributed by atoms with Crippen LogP contribution in [0.25, 0.3) is 0 Å². The molecule has 6 aliphatic rings. The molecule has 10 nitrogen and oxygen atoms in total. The maximum absolute atomic E-state index is 10.2. The number of nitrogens with zero attached hydrogens (tertiary/aromatic N) is 6. The number of hydrogen-bond donors (Lipinski definition) is 2. The molecule has 7 rings (SSSR count). The summed E-state index contributed by atoms with van der Waals surface area (Å²) in [5.41, 5.74) is 3.81. The van der Waals surface area contributed by atoms with Gasteiger partial charge in [0.25, 0.3) is 0 Å². The largest absolute Gasteiger partial charge is 0.433 e. The van der Waals surface area contributed by atoms with Gasteiger partial charge in [-0.15, -0.1) is 6.54 Å². The molecule has 6 heterocycles. The Morgan fingerprint density at radius 1 is 0.816 bits per heavy atom. The standard InChI is InChI=1S/C27H45BN7O3/c1-28(36)29-25-19-23(21-34-10-2-30-6-14-37-15-7-31(3-11-34)26(30)34)18-24(20-25)22-35-12-4-32-8-16-38-17-9-33(5-13-35)27(32)35/h10,18-20,26-27,29,36H,2-9,11-17,21-22H2,1H3/q+1. The first-order valence-electron chi connectivity index (χ1n) is 14.8. The Kier molecular flexibility index (Phi) is 6.95. The summed E-state index contributed by atoms with van der Waals surface area (Å²) in [4.78, 5) is 10.6. The smallest absolute Gasteiger partial charge is 0.406 e. The molecule has 0 amide bonds. The number of anilines is 1. The zero-order valence-corrected chi connectivity index (χ0v) is 23.0. The van der Waals surface area contributed by atoms with Crippen molar-refractivity contribution in [2.45, 2.75) is 32.5 Å². The number of rotatable bonds is 6. The van der Waals surface area contributed by atoms with Crippen molar-refractivity contribution in [3.8, 4) is 0 Å². The zero-order valence-electron chi connectivity index (χ0n) is 23.0. The third-order valence-electron chi connectivity index (χ3n) is 9.90. The van der Waals surface area contributed by atoms with E-state index in [2.05, 4.69) is 49.6 Å². The van der Waals surface area contributed by atoms with Gasteiger partial charge >= 0.3 is 7.05 Å². The second-order valence-electron chi connectivity index (χ2n) is 12.4. The molecule has 0 aliphatic carbocycles. The van der Waals surface area contributed by atoms with Crippen LogP contribution in [0.3, 0.4) is 0 Å². The van der Waals surface area contributed by atoms with Crippen LogP contribution in [0, 0.1) is 6.54 Å². The lowest BCUT2D eigenvalue weighted by Gasteiger charge is -2.45. The lowest BCUT2D eigenvalue weighted by Crippen LogP contribution is -2.56. The fourth-order valence-electron chi connectivity index (χ4n) is 8.39. The van der Waals surface area contributed by atoms with Crippen molar-refractivity contribution in [1.82, 2.24) is 19.6 Å². The second kappa shape index (κ2) is 10.3. The average Bonchev–Trinajstić information content (AvgIpc) is 3.54. The normalized spacial score (nSPS) is 36.4. The summed E-state index contributed by atoms with van der Waals surface area (Å²) in [6, 6.07) is 7.06. The lowest BCUT2D eigenvalue weighted by atomic mass is 9.88. The Bertz CT molecular complexity index is 909. The van der Waals surface area contributed by atoms with Gasteiger partial charge in [0.1, 0.15) is 6.54 Å². The van der Waals surface area contributed by atoms with E-state index in [0.29, 0.717) is 12.6 Å². The van der Waals surface area contributed by atoms with Crippen LogP contribution >= 0.6 is 0 Å². The molecular weight excluding hydrogens is 481 g/mol. The highest BCUT2D eigenvalue weighted by molar-refractivity contribution is 6.52. The van der Waals surface area contributed by atoms with Crippen LogP contribution in [0.4, 0.5) is 5.69 Å². The summed E-state index contributed by atoms with van der Waals surface area (Å²) in [7, 11) is -0.575. The third-order valence-corrected chi connectivity index (χ3v) is 9.90. The zero-order chi connectivity index (χ0) is 25.7. The predicted octanol–water partition coefficient (Wildman–Crippen LogP) is -0.106. The Morgan fingerprint density at radius 3 is 2.05 bits per heavy atom. The summed E-state index contributed by atoms with van der Waals surface area (Å²) >= 11 is 0. The van der Waals surface area contributed by atoms with Crippen LogP contribution in [-0.2, 0) is 22.6 Å². The van der Waals surface area contributed by atoms with E-state index in [1.54, 1.807) is 0 Å². The molecule has 2 unspecified atom stereocenters. The second-order valence-corrected chi connectivity index (χ2v) is 12.4. The topological polar surface area (TPSA) is 63.7 Å². The first-order valence-corrected chi connectivity index (χ1v) is 14.8. The molecule has 0 radical (unpaired) electrons. The molecule has 208 valence electrons. The molecule has 0 aromatic heterocycles. The van der Waals surface area contributed by atoms with Gasteiger partial charge in [-0.05, 0) is 25.0 Å². The van der Waals surface area contributed by atoms with Crippen molar-refractivity contribution in [2.24, 2.45) is 0 Å². The summed E-state index contributed by atoms with van der Waals surface area (Å²) in [5.74, 6) is 0. The van der Waals surface area contributed by atoms with Crippen molar-refractivity contribution in [3.05, 3.63) is 35.9 Å². The minimum Gasteiger partial charge on any atom is -0.433 e. The quantitative estimate of drug-likeness (QED) is 0.303. The van der Waals surface area contributed by atoms with Gasteiger partial charge < -0.3 is 24.2 Å². The summed E-state index contributed by atoms with van der Waals surface area (Å²) in [5, 5.41) is 13.5. The maximum atomic E-state index is 10.2. The summed E-state index contributed by atoms with van der Waals surface area (Å²) in [6.07, 6.45) is 0.899. The molecule has 6 fully saturated rings. The summed E-state index contributed by atoms with van der Waals surface area (Å²) < 4.78 is 13.8. The van der Waals surface area contributed by atoms with Crippen molar-refractivity contribution < 1.29 is 23.5 Å². The van der Waals surface area contributed by atoms with Gasteiger partial charge in [0, 0.05) is 43.0 Å². The lowest BCUT2D eigenvalue weighted by molar-refractivity contribution is -0.950. The van der Waals surface area contributed by atoms with E-state index in [1.807, 2.05) is 6.82 Å². The van der Waals surface area contributed by atoms with E-state index >= 15 is 0 Å². The first kappa shape index (κ1) is 25.7. The molecule has 0 spiro atoms.